The maximum Gasteiger partial charge on any atom is 0.187 e. The maximum absolute atomic E-state index is 12.1. The number of aliphatic hydroxyl groups is 38. The first-order chi connectivity index (χ1) is 63.2. The fraction of sp³-hybridized carbons (Fsp3) is 1.00. The summed E-state index contributed by atoms with van der Waals surface area (Å²) in [5.41, 5.74) is 0. The van der Waals surface area contributed by atoms with Gasteiger partial charge in [-0.3, -0.25) is 0 Å². The summed E-state index contributed by atoms with van der Waals surface area (Å²) in [6.07, 6.45) is -130. The van der Waals surface area contributed by atoms with Crippen molar-refractivity contribution in [1.82, 2.24) is 0 Å². The van der Waals surface area contributed by atoms with Crippen LogP contribution >= 0.6 is 0 Å². The van der Waals surface area contributed by atoms with E-state index < -0.39 is 448 Å². The van der Waals surface area contributed by atoms with Crippen molar-refractivity contribution >= 4 is 0 Å². The molecule has 12 aliphatic rings. The Bertz CT molecular complexity index is 3380. The number of hydrogen-bond donors (Lipinski definition) is 38. The molecule has 0 aromatic heterocycles. The molecule has 0 aliphatic carbocycles. The predicted octanol–water partition coefficient (Wildman–Crippen LogP) is -27.2. The summed E-state index contributed by atoms with van der Waals surface area (Å²) in [4.78, 5) is 0. The third kappa shape index (κ3) is 22.6. The van der Waals surface area contributed by atoms with Gasteiger partial charge in [-0.05, 0) is 0 Å². The van der Waals surface area contributed by atoms with Gasteiger partial charge in [-0.25, -0.2) is 0 Å². The van der Waals surface area contributed by atoms with E-state index in [0.717, 1.165) is 0 Å². The fourth-order valence-electron chi connectivity index (χ4n) is 17.4. The summed E-state index contributed by atoms with van der Waals surface area (Å²) >= 11 is 0. The zero-order chi connectivity index (χ0) is 97.4. The summed E-state index contributed by atoms with van der Waals surface area (Å²) < 4.78 is 130. The minimum absolute atomic E-state index is 0.931. The van der Waals surface area contributed by atoms with Crippen molar-refractivity contribution in [1.29, 1.82) is 0 Å². The van der Waals surface area contributed by atoms with Crippen molar-refractivity contribution in [3.8, 4) is 0 Å². The molecule has 133 heavy (non-hydrogen) atoms. The Hall–Kier alpha value is -2.44. The summed E-state index contributed by atoms with van der Waals surface area (Å²) in [5, 5.41) is 420. The molecule has 12 aliphatic heterocycles. The Labute approximate surface area is 748 Å². The van der Waals surface area contributed by atoms with Gasteiger partial charge in [-0.15, -0.1) is 0 Å². The van der Waals surface area contributed by atoms with E-state index in [9.17, 15) is 194 Å². The van der Waals surface area contributed by atoms with Crippen LogP contribution in [0.3, 0.4) is 0 Å². The van der Waals surface area contributed by atoms with Crippen molar-refractivity contribution in [3.05, 3.63) is 0 Å². The lowest BCUT2D eigenvalue weighted by molar-refractivity contribution is -0.404. The van der Waals surface area contributed by atoms with Crippen LogP contribution in [0.5, 0.6) is 0 Å². The lowest BCUT2D eigenvalue weighted by Crippen LogP contribution is -2.69. The first kappa shape index (κ1) is 109. The molecule has 12 fully saturated rings. The molecule has 60 atom stereocenters. The van der Waals surface area contributed by atoms with Crippen LogP contribution in [0.4, 0.5) is 0 Å². The predicted molar refractivity (Wildman–Crippen MR) is 395 cm³/mol. The molecule has 0 bridgehead atoms. The van der Waals surface area contributed by atoms with Gasteiger partial charge in [0.15, 0.2) is 75.5 Å². The quantitative estimate of drug-likeness (QED) is 0.0284. The molecule has 12 rings (SSSR count). The SMILES string of the molecule is OC[C@H]1O[C@H](O[C@@H]2[C@@H](O)[C@@H](O[C@@H]3[C@@H](O)[C@@H](O[C@@H]4[C@@H](O)[C@@H](O[C@@H]5[C@@H](O)[C@@H](O[C@@H]6[C@@H](O)[C@@H](O[C@@H]7[C@@H](O)[C@@H](O[C@@H]8[C@@H](O)[C@@H](O[C@@H]9[C@@H](O)[C@@H](O[C@@H]%10[C@@H](O)[C@@H](O[C@@H]%11[C@@H](O)[C@@H](O[C@H]%12[C@H](O)[C@@H](CO)OC(O)[C@H]%12O)O[C@H](CO)[C@H]%11O)O[C@H](CO)[C@H]%10O)O[C@H](CO)[C@H]9O)O[C@H](CO)[C@H]8O)O[C@H](CO)[C@H]7O)O[C@H](CO)[C@H]6O)O[C@H](CO)[C@H]5O)O[C@H](CO)[C@H]4O)O[C@H](CO)[C@H]3O)O[C@H](CO)[C@H]2O)[C@H](O)[C@@H](O)[C@@H]1O. The van der Waals surface area contributed by atoms with E-state index in [0.29, 0.717) is 0 Å². The molecule has 0 saturated carbocycles. The molecule has 0 radical (unpaired) electrons. The highest BCUT2D eigenvalue weighted by atomic mass is 16.8. The molecule has 0 amide bonds. The van der Waals surface area contributed by atoms with Gasteiger partial charge < -0.3 is 303 Å². The lowest BCUT2D eigenvalue weighted by Gasteiger charge is -2.50. The van der Waals surface area contributed by atoms with Crippen molar-refractivity contribution in [3.63, 3.8) is 0 Å². The molecule has 61 heteroatoms. The van der Waals surface area contributed by atoms with E-state index in [-0.39, 0.29) is 0 Å². The number of aliphatic hydroxyl groups excluding tert-OH is 38. The Morgan fingerprint density at radius 1 is 0.113 bits per heavy atom. The Kier molecular flexibility index (Phi) is 39.0. The smallest absolute Gasteiger partial charge is 0.187 e. The fourth-order valence-corrected chi connectivity index (χ4v) is 17.4. The van der Waals surface area contributed by atoms with Gasteiger partial charge in [0.2, 0.25) is 0 Å². The Balaban J connectivity index is 0.703. The van der Waals surface area contributed by atoms with Crippen LogP contribution < -0.4 is 0 Å². The zero-order valence-electron chi connectivity index (χ0n) is 69.5. The van der Waals surface area contributed by atoms with Gasteiger partial charge in [0.1, 0.15) is 293 Å². The molecule has 1 unspecified atom stereocenters. The monoisotopic (exact) mass is 1960 g/mol. The van der Waals surface area contributed by atoms with E-state index >= 15 is 0 Å². The standard InChI is InChI=1S/C72H122O61/c73-1-13-25(85)37(97)38(98)62(112-13)124-51-27(87)15(3-75)114-64(40(51)100)126-53-29(89)17(5-77)116-66(42(53)102)128-55-31(91)19(7-79)118-68(44(55)104)130-57-33(93)21(9-81)120-70(46(57)106)132-59-35(95)23(11-83)122-72(48(59)108)133-60-36(96)24(12-84)121-71(49(60)109)131-58-34(94)22(10-82)119-69(47(58)107)129-56-32(92)20(8-80)117-67(45(56)105)127-54-30(90)18(6-78)115-65(43(54)103)125-52-28(88)16(4-76)113-63(41(52)101)123-50-26(86)14(2-74)111-61(110)39(50)99/h13-110H,1-12H2/t13-,14-,15-,16-,17-,18-,19-,20-,21-,22-,23-,24-,25-,26-,27-,28-,29-,30-,31-,32-,33-,34-,35-,36-,37+,38-,39+,40-,41-,42-,43-,44-,45-,46-,47-,48-,49-,50+,51+,52+,53+,54+,55+,56+,57+,58+,59+,60+,61?,62-,63-,64-,65-,66-,67-,68-,69-,70-,71-,72-/m1/s1. The van der Waals surface area contributed by atoms with E-state index in [4.69, 9.17) is 109 Å². The van der Waals surface area contributed by atoms with Crippen LogP contribution in [0.25, 0.3) is 0 Å². The van der Waals surface area contributed by atoms with E-state index in [1.165, 1.54) is 0 Å². The largest absolute Gasteiger partial charge is 0.394 e. The van der Waals surface area contributed by atoms with Crippen LogP contribution in [0.1, 0.15) is 0 Å². The Morgan fingerprint density at radius 2 is 0.218 bits per heavy atom. The third-order valence-electron chi connectivity index (χ3n) is 25.1. The highest BCUT2D eigenvalue weighted by Crippen LogP contribution is 2.43. The molecule has 61 nitrogen and oxygen atoms in total. The van der Waals surface area contributed by atoms with Crippen LogP contribution in [0.15, 0.2) is 0 Å². The summed E-state index contributed by atoms with van der Waals surface area (Å²) in [5.74, 6) is 0. The normalized spacial score (nSPS) is 53.8. The Morgan fingerprint density at radius 3 is 0.346 bits per heavy atom. The van der Waals surface area contributed by atoms with Gasteiger partial charge in [0.25, 0.3) is 0 Å². The van der Waals surface area contributed by atoms with E-state index in [2.05, 4.69) is 0 Å². The molecular formula is C72H122O61. The first-order valence-corrected chi connectivity index (χ1v) is 42.2. The molecule has 0 aromatic rings. The summed E-state index contributed by atoms with van der Waals surface area (Å²) in [7, 11) is 0. The maximum atomic E-state index is 12.1. The first-order valence-electron chi connectivity index (χ1n) is 42.2. The average molecular weight is 1960 g/mol. The number of hydrogen-bond acceptors (Lipinski definition) is 61. The van der Waals surface area contributed by atoms with Crippen molar-refractivity contribution in [2.45, 2.75) is 368 Å². The molecule has 38 N–H and O–H groups in total. The minimum atomic E-state index is -2.52. The van der Waals surface area contributed by atoms with Crippen LogP contribution in [0, 0.1) is 0 Å². The molecule has 12 heterocycles. The van der Waals surface area contributed by atoms with E-state index in [1.54, 1.807) is 0 Å². The number of rotatable bonds is 34. The van der Waals surface area contributed by atoms with Gasteiger partial charge >= 0.3 is 0 Å². The average Bonchev–Trinajstić information content (AvgIpc) is 0.772. The molecule has 12 saturated heterocycles. The second kappa shape index (κ2) is 47.4. The topological polar surface area (TPSA) is 981 Å². The van der Waals surface area contributed by atoms with Gasteiger partial charge in [0, 0.05) is 0 Å². The van der Waals surface area contributed by atoms with Crippen LogP contribution in [0.2, 0.25) is 0 Å². The minimum Gasteiger partial charge on any atom is -0.394 e. The summed E-state index contributed by atoms with van der Waals surface area (Å²) in [6.45, 7) is -13.6. The zero-order valence-corrected chi connectivity index (χ0v) is 69.5. The molecule has 0 aromatic carbocycles. The van der Waals surface area contributed by atoms with Gasteiger partial charge in [0.05, 0.1) is 79.3 Å². The van der Waals surface area contributed by atoms with Gasteiger partial charge in [-0.1, -0.05) is 0 Å². The molecule has 776 valence electrons. The van der Waals surface area contributed by atoms with Crippen LogP contribution in [-0.2, 0) is 109 Å². The van der Waals surface area contributed by atoms with E-state index in [1.807, 2.05) is 0 Å². The lowest BCUT2D eigenvalue weighted by atomic mass is 9.94. The highest BCUT2D eigenvalue weighted by molar-refractivity contribution is 5.05. The van der Waals surface area contributed by atoms with Crippen molar-refractivity contribution < 1.29 is 303 Å². The molecule has 0 spiro atoms. The molecular weight excluding hydrogens is 1840 g/mol. The second-order valence-electron chi connectivity index (χ2n) is 33.6. The summed E-state index contributed by atoms with van der Waals surface area (Å²) in [6, 6.07) is 0. The number of ether oxygens (including phenoxy) is 23. The second-order valence-corrected chi connectivity index (χ2v) is 33.6. The highest BCUT2D eigenvalue weighted by Gasteiger charge is 2.64. The van der Waals surface area contributed by atoms with Crippen molar-refractivity contribution in [2.75, 3.05) is 79.3 Å². The van der Waals surface area contributed by atoms with Crippen molar-refractivity contribution in [2.24, 2.45) is 0 Å². The third-order valence-corrected chi connectivity index (χ3v) is 25.1. The van der Waals surface area contributed by atoms with Gasteiger partial charge in [-0.2, -0.15) is 0 Å². The van der Waals surface area contributed by atoms with Crippen LogP contribution in [-0.4, -0.2) is 642 Å².